The smallest absolute Gasteiger partial charge is 0.408 e. The predicted molar refractivity (Wildman–Crippen MR) is 107 cm³/mol. The number of hydrogen-bond donors (Lipinski definition) is 3. The van der Waals surface area contributed by atoms with Gasteiger partial charge < -0.3 is 25.1 Å². The Balaban J connectivity index is 2.51. The Morgan fingerprint density at radius 2 is 1.78 bits per heavy atom. The van der Waals surface area contributed by atoms with Crippen LogP contribution in [0.3, 0.4) is 0 Å². The third-order valence-electron chi connectivity index (χ3n) is 3.46. The van der Waals surface area contributed by atoms with E-state index in [2.05, 4.69) is 46.7 Å². The fraction of sp³-hybridized carbons (Fsp3) is 0.737. The Kier molecular flexibility index (Phi) is 7.28. The van der Waals surface area contributed by atoms with Crippen LogP contribution >= 0.6 is 0 Å². The summed E-state index contributed by atoms with van der Waals surface area (Å²) >= 11 is 0. The molecule has 0 atom stereocenters. The van der Waals surface area contributed by atoms with Crippen molar-refractivity contribution in [2.45, 2.75) is 78.5 Å². The Bertz CT molecular complexity index is 651. The van der Waals surface area contributed by atoms with Gasteiger partial charge in [-0.1, -0.05) is 20.8 Å². The molecule has 1 heterocycles. The fourth-order valence-electron chi connectivity index (χ4n) is 2.05. The number of oxazole rings is 1. The van der Waals surface area contributed by atoms with Crippen LogP contribution in [0.2, 0.25) is 0 Å². The minimum absolute atomic E-state index is 0.0808. The molecule has 1 rings (SSSR count). The highest BCUT2D eigenvalue weighted by Crippen LogP contribution is 2.22. The van der Waals surface area contributed by atoms with Gasteiger partial charge in [0.1, 0.15) is 11.4 Å². The molecular weight excluding hydrogens is 346 g/mol. The molecule has 0 aliphatic rings. The summed E-state index contributed by atoms with van der Waals surface area (Å²) in [6.45, 7) is 16.4. The maximum absolute atomic E-state index is 12.0. The van der Waals surface area contributed by atoms with Crippen LogP contribution in [-0.2, 0) is 16.7 Å². The molecule has 0 saturated carbocycles. The van der Waals surface area contributed by atoms with Gasteiger partial charge in [-0.25, -0.2) is 9.78 Å². The molecule has 0 spiro atoms. The van der Waals surface area contributed by atoms with E-state index < -0.39 is 17.2 Å². The summed E-state index contributed by atoms with van der Waals surface area (Å²) in [5, 5.41) is 9.19. The lowest BCUT2D eigenvalue weighted by Crippen LogP contribution is -2.54. The van der Waals surface area contributed by atoms with Crippen LogP contribution in [0.25, 0.3) is 0 Å². The Hall–Kier alpha value is -2.25. The lowest BCUT2D eigenvalue weighted by molar-refractivity contribution is 0.0474. The van der Waals surface area contributed by atoms with Gasteiger partial charge >= 0.3 is 6.09 Å². The Morgan fingerprint density at radius 1 is 1.15 bits per heavy atom. The van der Waals surface area contributed by atoms with Gasteiger partial charge in [-0.15, -0.1) is 0 Å². The predicted octanol–water partition coefficient (Wildman–Crippen LogP) is 2.94. The van der Waals surface area contributed by atoms with E-state index in [0.717, 1.165) is 5.76 Å². The van der Waals surface area contributed by atoms with E-state index in [1.165, 1.54) is 0 Å². The third-order valence-corrected chi connectivity index (χ3v) is 3.46. The van der Waals surface area contributed by atoms with E-state index in [1.54, 1.807) is 13.2 Å². The molecule has 0 aliphatic carbocycles. The van der Waals surface area contributed by atoms with Crippen molar-refractivity contribution in [1.29, 1.82) is 0 Å². The quantitative estimate of drug-likeness (QED) is 0.535. The number of guanidine groups is 1. The van der Waals surface area contributed by atoms with E-state index in [4.69, 9.17) is 9.15 Å². The van der Waals surface area contributed by atoms with E-state index in [9.17, 15) is 4.79 Å². The summed E-state index contributed by atoms with van der Waals surface area (Å²) in [5.41, 5.74) is -1.14. The molecule has 8 nitrogen and oxygen atoms in total. The molecular formula is C19H35N5O3. The van der Waals surface area contributed by atoms with Crippen LogP contribution in [-0.4, -0.2) is 41.8 Å². The Labute approximate surface area is 162 Å². The van der Waals surface area contributed by atoms with Crippen molar-refractivity contribution in [1.82, 2.24) is 20.9 Å². The highest BCUT2D eigenvalue weighted by Gasteiger charge is 2.25. The summed E-state index contributed by atoms with van der Waals surface area (Å²) in [6, 6.07) is 0. The monoisotopic (exact) mass is 381 g/mol. The molecule has 154 valence electrons. The topological polar surface area (TPSA) is 101 Å². The molecule has 0 radical (unpaired) electrons. The van der Waals surface area contributed by atoms with Crippen molar-refractivity contribution in [3.05, 3.63) is 17.8 Å². The second-order valence-corrected chi connectivity index (χ2v) is 9.16. The number of carbonyl (C=O) groups is 1. The van der Waals surface area contributed by atoms with Gasteiger partial charge in [0.2, 0.25) is 5.89 Å². The van der Waals surface area contributed by atoms with Crippen LogP contribution in [0, 0.1) is 0 Å². The molecule has 3 N–H and O–H groups in total. The molecule has 0 aliphatic heterocycles. The van der Waals surface area contributed by atoms with Crippen molar-refractivity contribution in [2.24, 2.45) is 4.99 Å². The number of nitrogens with zero attached hydrogens (tertiary/aromatic N) is 2. The number of carbonyl (C=O) groups excluding carboxylic acids is 1. The van der Waals surface area contributed by atoms with Gasteiger partial charge in [0.15, 0.2) is 5.96 Å². The van der Waals surface area contributed by atoms with Gasteiger partial charge in [0, 0.05) is 19.0 Å². The number of aliphatic imine (C=N–C) groups is 1. The molecule has 8 heteroatoms. The fourth-order valence-corrected chi connectivity index (χ4v) is 2.05. The van der Waals surface area contributed by atoms with E-state index in [1.807, 2.05) is 34.6 Å². The summed E-state index contributed by atoms with van der Waals surface area (Å²) in [7, 11) is 1.68. The van der Waals surface area contributed by atoms with Crippen LogP contribution in [0.15, 0.2) is 15.6 Å². The summed E-state index contributed by atoms with van der Waals surface area (Å²) in [5.74, 6) is 2.02. The van der Waals surface area contributed by atoms with E-state index in [-0.39, 0.29) is 5.41 Å². The number of amides is 1. The standard InChI is InChI=1S/C19H35N5O3/c1-17(2,3)13-10-21-14(26-13)11-22-15(20-9)23-12-19(7,8)24-16(25)27-18(4,5)6/h10H,11-12H2,1-9H3,(H,24,25)(H2,20,22,23). The van der Waals surface area contributed by atoms with Crippen molar-refractivity contribution in [3.8, 4) is 0 Å². The van der Waals surface area contributed by atoms with Crippen LogP contribution < -0.4 is 16.0 Å². The summed E-state index contributed by atoms with van der Waals surface area (Å²) < 4.78 is 11.1. The zero-order chi connectivity index (χ0) is 20.9. The number of alkyl carbamates (subject to hydrolysis) is 1. The highest BCUT2D eigenvalue weighted by molar-refractivity contribution is 5.79. The second kappa shape index (κ2) is 8.63. The molecule has 1 aromatic rings. The largest absolute Gasteiger partial charge is 0.444 e. The van der Waals surface area contributed by atoms with Crippen LogP contribution in [0.4, 0.5) is 4.79 Å². The zero-order valence-corrected chi connectivity index (χ0v) is 18.1. The number of nitrogens with one attached hydrogen (secondary N) is 3. The van der Waals surface area contributed by atoms with Gasteiger partial charge in [0.25, 0.3) is 0 Å². The van der Waals surface area contributed by atoms with Crippen molar-refractivity contribution >= 4 is 12.1 Å². The SMILES string of the molecule is CN=C(NCc1ncc(C(C)(C)C)o1)NCC(C)(C)NC(=O)OC(C)(C)C. The average Bonchev–Trinajstić information content (AvgIpc) is 2.93. The van der Waals surface area contributed by atoms with E-state index >= 15 is 0 Å². The molecule has 1 amide bonds. The minimum Gasteiger partial charge on any atom is -0.444 e. The van der Waals surface area contributed by atoms with Gasteiger partial charge in [0.05, 0.1) is 18.3 Å². The molecule has 27 heavy (non-hydrogen) atoms. The van der Waals surface area contributed by atoms with Gasteiger partial charge in [-0.3, -0.25) is 4.99 Å². The number of rotatable bonds is 5. The Morgan fingerprint density at radius 3 is 2.26 bits per heavy atom. The van der Waals surface area contributed by atoms with Crippen molar-refractivity contribution in [3.63, 3.8) is 0 Å². The number of ether oxygens (including phenoxy) is 1. The second-order valence-electron chi connectivity index (χ2n) is 9.16. The molecule has 0 fully saturated rings. The number of aromatic nitrogens is 1. The third kappa shape index (κ3) is 8.79. The van der Waals surface area contributed by atoms with Crippen molar-refractivity contribution in [2.75, 3.05) is 13.6 Å². The average molecular weight is 382 g/mol. The van der Waals surface area contributed by atoms with E-state index in [0.29, 0.717) is 24.9 Å². The lowest BCUT2D eigenvalue weighted by atomic mass is 9.94. The lowest BCUT2D eigenvalue weighted by Gasteiger charge is -2.29. The molecule has 1 aromatic heterocycles. The zero-order valence-electron chi connectivity index (χ0n) is 18.1. The molecule has 0 aromatic carbocycles. The first-order valence-electron chi connectivity index (χ1n) is 9.13. The van der Waals surface area contributed by atoms with Gasteiger partial charge in [-0.2, -0.15) is 0 Å². The van der Waals surface area contributed by atoms with Gasteiger partial charge in [-0.05, 0) is 34.6 Å². The molecule has 0 saturated heterocycles. The number of hydrogen-bond acceptors (Lipinski definition) is 5. The molecule has 0 bridgehead atoms. The maximum Gasteiger partial charge on any atom is 0.408 e. The summed E-state index contributed by atoms with van der Waals surface area (Å²) in [6.07, 6.45) is 1.30. The summed E-state index contributed by atoms with van der Waals surface area (Å²) in [4.78, 5) is 20.4. The first-order valence-corrected chi connectivity index (χ1v) is 9.13. The molecule has 0 unspecified atom stereocenters. The highest BCUT2D eigenvalue weighted by atomic mass is 16.6. The minimum atomic E-state index is -0.535. The van der Waals surface area contributed by atoms with Crippen molar-refractivity contribution < 1.29 is 13.9 Å². The first kappa shape index (κ1) is 22.8. The maximum atomic E-state index is 12.0. The van der Waals surface area contributed by atoms with Crippen LogP contribution in [0.1, 0.15) is 67.0 Å². The normalized spacial score (nSPS) is 13.3. The van der Waals surface area contributed by atoms with Crippen LogP contribution in [0.5, 0.6) is 0 Å². The first-order chi connectivity index (χ1) is 12.2.